The lowest BCUT2D eigenvalue weighted by molar-refractivity contribution is -0.147. The molecule has 4 heteroatoms. The van der Waals surface area contributed by atoms with E-state index in [0.29, 0.717) is 6.04 Å². The molecule has 132 valence electrons. The minimum atomic E-state index is -1.05. The number of amidine groups is 1. The second-order valence-corrected chi connectivity index (χ2v) is 8.82. The molecule has 0 aromatic carbocycles. The van der Waals surface area contributed by atoms with Crippen molar-refractivity contribution in [1.82, 2.24) is 4.90 Å². The third kappa shape index (κ3) is 2.66. The summed E-state index contributed by atoms with van der Waals surface area (Å²) in [6, 6.07) is 2.95. The second-order valence-electron chi connectivity index (χ2n) is 8.82. The molecular formula is C20H31N3O. The minimum absolute atomic E-state index is 0.000963. The third-order valence-electron chi connectivity index (χ3n) is 6.22. The molecule has 1 aliphatic heterocycles. The Labute approximate surface area is 146 Å². The largest absolute Gasteiger partial charge is 0.294 e. The van der Waals surface area contributed by atoms with Gasteiger partial charge in [0, 0.05) is 6.04 Å². The van der Waals surface area contributed by atoms with Crippen LogP contribution in [0.2, 0.25) is 0 Å². The highest BCUT2D eigenvalue weighted by molar-refractivity contribution is 6.27. The van der Waals surface area contributed by atoms with Gasteiger partial charge < -0.3 is 0 Å². The minimum Gasteiger partial charge on any atom is -0.294 e. The van der Waals surface area contributed by atoms with E-state index in [9.17, 15) is 10.1 Å². The van der Waals surface area contributed by atoms with Gasteiger partial charge in [-0.2, -0.15) is 5.26 Å². The van der Waals surface area contributed by atoms with E-state index in [1.807, 2.05) is 25.7 Å². The van der Waals surface area contributed by atoms with Gasteiger partial charge in [0.25, 0.3) is 5.91 Å². The van der Waals surface area contributed by atoms with Gasteiger partial charge in [0.2, 0.25) is 0 Å². The van der Waals surface area contributed by atoms with Gasteiger partial charge in [-0.3, -0.25) is 14.7 Å². The maximum atomic E-state index is 13.1. The first-order chi connectivity index (χ1) is 11.4. The lowest BCUT2D eigenvalue weighted by atomic mass is 9.60. The fourth-order valence-electron chi connectivity index (χ4n) is 4.64. The van der Waals surface area contributed by atoms with Crippen molar-refractivity contribution in [3.8, 4) is 6.07 Å². The predicted octanol–water partition coefficient (Wildman–Crippen LogP) is 4.45. The van der Waals surface area contributed by atoms with Crippen LogP contribution in [0.3, 0.4) is 0 Å². The van der Waals surface area contributed by atoms with Crippen LogP contribution in [0.25, 0.3) is 0 Å². The van der Waals surface area contributed by atoms with Crippen molar-refractivity contribution in [1.29, 1.82) is 5.26 Å². The molecule has 0 N–H and O–H groups in total. The van der Waals surface area contributed by atoms with Crippen LogP contribution in [0, 0.1) is 22.2 Å². The summed E-state index contributed by atoms with van der Waals surface area (Å²) >= 11 is 0. The summed E-state index contributed by atoms with van der Waals surface area (Å²) in [6.45, 7) is 6.01. The maximum Gasteiger partial charge on any atom is 0.257 e. The molecule has 3 fully saturated rings. The zero-order valence-electron chi connectivity index (χ0n) is 15.5. The van der Waals surface area contributed by atoms with Crippen LogP contribution < -0.4 is 0 Å². The van der Waals surface area contributed by atoms with E-state index in [0.717, 1.165) is 31.5 Å². The van der Waals surface area contributed by atoms with Gasteiger partial charge >= 0.3 is 0 Å². The lowest BCUT2D eigenvalue weighted by Crippen LogP contribution is -2.73. The van der Waals surface area contributed by atoms with Gasteiger partial charge in [-0.15, -0.1) is 0 Å². The average molecular weight is 329 g/mol. The first-order valence-corrected chi connectivity index (χ1v) is 9.75. The molecular weight excluding hydrogens is 298 g/mol. The molecule has 1 unspecified atom stereocenters. The Kier molecular flexibility index (Phi) is 4.73. The number of aliphatic imine (C=N–C) groups is 1. The highest BCUT2D eigenvalue weighted by atomic mass is 16.2. The third-order valence-corrected chi connectivity index (χ3v) is 6.22. The number of carbonyl (C=O) groups is 1. The van der Waals surface area contributed by atoms with E-state index < -0.39 is 10.8 Å². The number of hydrogen-bond acceptors (Lipinski definition) is 3. The van der Waals surface area contributed by atoms with Crippen molar-refractivity contribution >= 4 is 11.7 Å². The molecule has 24 heavy (non-hydrogen) atoms. The number of likely N-dealkylation sites (tertiary alicyclic amines) is 1. The molecule has 1 amide bonds. The Balaban J connectivity index is 1.96. The van der Waals surface area contributed by atoms with E-state index in [2.05, 4.69) is 6.07 Å². The molecule has 1 atom stereocenters. The molecule has 1 heterocycles. The lowest BCUT2D eigenvalue weighted by Gasteiger charge is -2.55. The topological polar surface area (TPSA) is 56.5 Å². The monoisotopic (exact) mass is 329 g/mol. The molecule has 0 aromatic heterocycles. The molecule has 0 bridgehead atoms. The van der Waals surface area contributed by atoms with Crippen molar-refractivity contribution in [2.75, 3.05) is 0 Å². The fourth-order valence-corrected chi connectivity index (χ4v) is 4.64. The Hall–Kier alpha value is -1.37. The van der Waals surface area contributed by atoms with Gasteiger partial charge in [-0.25, -0.2) is 0 Å². The molecule has 3 aliphatic rings. The van der Waals surface area contributed by atoms with E-state index in [-0.39, 0.29) is 11.9 Å². The second kappa shape index (κ2) is 6.50. The Bertz CT molecular complexity index is 556. The average Bonchev–Trinajstić information content (AvgIpc) is 2.56. The summed E-state index contributed by atoms with van der Waals surface area (Å²) in [5.41, 5.74) is -1.47. The first kappa shape index (κ1) is 17.5. The molecule has 2 aliphatic carbocycles. The smallest absolute Gasteiger partial charge is 0.257 e. The van der Waals surface area contributed by atoms with Crippen molar-refractivity contribution in [2.45, 2.75) is 97.1 Å². The first-order valence-electron chi connectivity index (χ1n) is 9.75. The van der Waals surface area contributed by atoms with Crippen molar-refractivity contribution in [3.05, 3.63) is 0 Å². The molecule has 4 nitrogen and oxygen atoms in total. The number of hydrogen-bond donors (Lipinski definition) is 0. The number of rotatable bonds is 2. The SMILES string of the molecule is CC(C)(C)C1(C#N)C(=O)N(C2CCCCC2)C1=NC1CCCCC1. The van der Waals surface area contributed by atoms with Gasteiger partial charge in [0.05, 0.1) is 12.1 Å². The van der Waals surface area contributed by atoms with Gasteiger partial charge in [-0.05, 0) is 31.1 Å². The van der Waals surface area contributed by atoms with Crippen LogP contribution in [0.4, 0.5) is 0 Å². The highest BCUT2D eigenvalue weighted by Gasteiger charge is 2.67. The zero-order valence-corrected chi connectivity index (χ0v) is 15.5. The molecule has 2 saturated carbocycles. The number of nitriles is 1. The molecule has 3 rings (SSSR count). The maximum absolute atomic E-state index is 13.1. The van der Waals surface area contributed by atoms with Crippen LogP contribution in [0.1, 0.15) is 85.0 Å². The number of carbonyl (C=O) groups excluding carboxylic acids is 1. The van der Waals surface area contributed by atoms with Gasteiger partial charge in [0.15, 0.2) is 5.41 Å². The van der Waals surface area contributed by atoms with Crippen molar-refractivity contribution in [2.24, 2.45) is 15.8 Å². The van der Waals surface area contributed by atoms with Crippen LogP contribution in [0.15, 0.2) is 4.99 Å². The van der Waals surface area contributed by atoms with Gasteiger partial charge in [-0.1, -0.05) is 59.3 Å². The van der Waals surface area contributed by atoms with E-state index in [4.69, 9.17) is 4.99 Å². The molecule has 0 aromatic rings. The number of β-lactam (4-membered cyclic amide) rings is 1. The highest BCUT2D eigenvalue weighted by Crippen LogP contribution is 2.51. The van der Waals surface area contributed by atoms with Crippen molar-refractivity contribution < 1.29 is 4.79 Å². The van der Waals surface area contributed by atoms with E-state index in [1.165, 1.54) is 38.5 Å². The summed E-state index contributed by atoms with van der Waals surface area (Å²) in [5, 5.41) is 9.98. The zero-order chi connectivity index (χ0) is 17.4. The van der Waals surface area contributed by atoms with Crippen LogP contribution in [-0.4, -0.2) is 28.7 Å². The quantitative estimate of drug-likeness (QED) is 0.703. The van der Waals surface area contributed by atoms with Crippen molar-refractivity contribution in [3.63, 3.8) is 0 Å². The van der Waals surface area contributed by atoms with Gasteiger partial charge in [0.1, 0.15) is 5.84 Å². The summed E-state index contributed by atoms with van der Waals surface area (Å²) in [5.74, 6) is 0.792. The summed E-state index contributed by atoms with van der Waals surface area (Å²) in [4.78, 5) is 20.1. The Morgan fingerprint density at radius 1 is 1.04 bits per heavy atom. The van der Waals surface area contributed by atoms with Crippen LogP contribution in [0.5, 0.6) is 0 Å². The standard InChI is InChI=1S/C20H31N3O/c1-19(2,3)20(14-21)17(22-15-10-6-4-7-11-15)23(18(20)24)16-12-8-5-9-13-16/h15-16H,4-13H2,1-3H3. The van der Waals surface area contributed by atoms with Crippen LogP contribution >= 0.6 is 0 Å². The molecule has 0 spiro atoms. The molecule has 1 saturated heterocycles. The Morgan fingerprint density at radius 2 is 1.58 bits per heavy atom. The van der Waals surface area contributed by atoms with E-state index in [1.54, 1.807) is 0 Å². The summed E-state index contributed by atoms with van der Waals surface area (Å²) in [6.07, 6.45) is 11.7. The normalized spacial score (nSPS) is 31.8. The molecule has 0 radical (unpaired) electrons. The number of amides is 1. The van der Waals surface area contributed by atoms with E-state index >= 15 is 0 Å². The Morgan fingerprint density at radius 3 is 2.08 bits per heavy atom. The number of nitrogens with zero attached hydrogens (tertiary/aromatic N) is 3. The predicted molar refractivity (Wildman–Crippen MR) is 95.5 cm³/mol. The summed E-state index contributed by atoms with van der Waals surface area (Å²) in [7, 11) is 0. The van der Waals surface area contributed by atoms with Crippen LogP contribution in [-0.2, 0) is 4.79 Å². The fraction of sp³-hybridized carbons (Fsp3) is 0.850. The summed E-state index contributed by atoms with van der Waals surface area (Å²) < 4.78 is 0.